The van der Waals surface area contributed by atoms with Crippen molar-refractivity contribution in [2.45, 2.75) is 20.3 Å². The lowest BCUT2D eigenvalue weighted by Crippen LogP contribution is -2.35. The van der Waals surface area contributed by atoms with Crippen LogP contribution in [-0.4, -0.2) is 40.0 Å². The van der Waals surface area contributed by atoms with E-state index in [2.05, 4.69) is 4.98 Å². The Morgan fingerprint density at radius 3 is 2.76 bits per heavy atom. The van der Waals surface area contributed by atoms with E-state index in [9.17, 15) is 9.59 Å². The van der Waals surface area contributed by atoms with Crippen molar-refractivity contribution in [3.63, 3.8) is 0 Å². The van der Waals surface area contributed by atoms with Crippen molar-refractivity contribution in [2.75, 3.05) is 13.1 Å². The third kappa shape index (κ3) is 1.90. The first-order valence-corrected chi connectivity index (χ1v) is 5.37. The topological polar surface area (TPSA) is 83.6 Å². The molecular weight excluding hydrogens is 224 g/mol. The highest BCUT2D eigenvalue weighted by atomic mass is 16.4. The van der Waals surface area contributed by atoms with E-state index in [1.165, 1.54) is 11.3 Å². The number of hydrogen-bond donors (Lipinski definition) is 1. The molecular formula is C11H14N2O4. The van der Waals surface area contributed by atoms with E-state index < -0.39 is 11.4 Å². The van der Waals surface area contributed by atoms with Gasteiger partial charge in [-0.3, -0.25) is 9.59 Å². The standard InChI is InChI=1S/C11H14N2O4/c1-7-8(12-6-17-7)9(14)13-4-3-11(2,5-13)10(15)16/h6H,3-5H2,1-2H3,(H,15,16). The number of carboxylic acids is 1. The van der Waals surface area contributed by atoms with Gasteiger partial charge in [0.2, 0.25) is 0 Å². The van der Waals surface area contributed by atoms with E-state index in [1.54, 1.807) is 13.8 Å². The average Bonchev–Trinajstić information content (AvgIpc) is 2.85. The second-order valence-corrected chi connectivity index (χ2v) is 4.60. The Labute approximate surface area is 98.2 Å². The number of likely N-dealkylation sites (tertiary alicyclic amines) is 1. The number of aryl methyl sites for hydroxylation is 1. The maximum absolute atomic E-state index is 12.0. The molecule has 1 aliphatic heterocycles. The molecule has 1 amide bonds. The third-order valence-electron chi connectivity index (χ3n) is 3.22. The van der Waals surface area contributed by atoms with Crippen LogP contribution in [0.1, 0.15) is 29.6 Å². The maximum atomic E-state index is 12.0. The normalized spacial score (nSPS) is 24.0. The first kappa shape index (κ1) is 11.6. The number of carboxylic acid groups (broad SMARTS) is 1. The summed E-state index contributed by atoms with van der Waals surface area (Å²) in [4.78, 5) is 28.5. The summed E-state index contributed by atoms with van der Waals surface area (Å²) in [6.07, 6.45) is 1.68. The summed E-state index contributed by atoms with van der Waals surface area (Å²) < 4.78 is 4.97. The van der Waals surface area contributed by atoms with E-state index in [0.717, 1.165) is 0 Å². The van der Waals surface area contributed by atoms with Crippen LogP contribution in [0.3, 0.4) is 0 Å². The lowest BCUT2D eigenvalue weighted by atomic mass is 9.90. The lowest BCUT2D eigenvalue weighted by Gasteiger charge is -2.19. The molecule has 0 spiro atoms. The van der Waals surface area contributed by atoms with Gasteiger partial charge < -0.3 is 14.4 Å². The van der Waals surface area contributed by atoms with Gasteiger partial charge in [0.15, 0.2) is 12.1 Å². The SMILES string of the molecule is Cc1ocnc1C(=O)N1CCC(C)(C(=O)O)C1. The summed E-state index contributed by atoms with van der Waals surface area (Å²) in [5.41, 5.74) is -0.590. The van der Waals surface area contributed by atoms with Gasteiger partial charge in [-0.25, -0.2) is 4.98 Å². The maximum Gasteiger partial charge on any atom is 0.311 e. The minimum absolute atomic E-state index is 0.216. The summed E-state index contributed by atoms with van der Waals surface area (Å²) in [7, 11) is 0. The fourth-order valence-electron chi connectivity index (χ4n) is 1.97. The van der Waals surface area contributed by atoms with Crippen molar-refractivity contribution in [3.8, 4) is 0 Å². The summed E-state index contributed by atoms with van der Waals surface area (Å²) in [5, 5.41) is 9.09. The van der Waals surface area contributed by atoms with Crippen LogP contribution >= 0.6 is 0 Å². The van der Waals surface area contributed by atoms with Crippen LogP contribution < -0.4 is 0 Å². The average molecular weight is 238 g/mol. The van der Waals surface area contributed by atoms with Crippen LogP contribution in [0.25, 0.3) is 0 Å². The van der Waals surface area contributed by atoms with Gasteiger partial charge in [-0.1, -0.05) is 0 Å². The van der Waals surface area contributed by atoms with Crippen LogP contribution in [0.4, 0.5) is 0 Å². The van der Waals surface area contributed by atoms with E-state index >= 15 is 0 Å². The van der Waals surface area contributed by atoms with Crippen LogP contribution in [0, 0.1) is 12.3 Å². The third-order valence-corrected chi connectivity index (χ3v) is 3.22. The van der Waals surface area contributed by atoms with Gasteiger partial charge in [-0.05, 0) is 20.3 Å². The Kier molecular flexibility index (Phi) is 2.65. The fraction of sp³-hybridized carbons (Fsp3) is 0.545. The van der Waals surface area contributed by atoms with Gasteiger partial charge in [-0.15, -0.1) is 0 Å². The number of rotatable bonds is 2. The molecule has 1 unspecified atom stereocenters. The Bertz CT molecular complexity index is 468. The quantitative estimate of drug-likeness (QED) is 0.828. The monoisotopic (exact) mass is 238 g/mol. The van der Waals surface area contributed by atoms with Crippen molar-refractivity contribution >= 4 is 11.9 Å². The van der Waals surface area contributed by atoms with E-state index in [4.69, 9.17) is 9.52 Å². The number of aromatic nitrogens is 1. The van der Waals surface area contributed by atoms with E-state index in [0.29, 0.717) is 18.7 Å². The largest absolute Gasteiger partial charge is 0.481 e. The molecule has 1 aromatic heterocycles. The van der Waals surface area contributed by atoms with Crippen LogP contribution in [0.15, 0.2) is 10.8 Å². The number of hydrogen-bond acceptors (Lipinski definition) is 4. The number of carbonyl (C=O) groups excluding carboxylic acids is 1. The number of aliphatic carboxylic acids is 1. The van der Waals surface area contributed by atoms with E-state index in [1.807, 2.05) is 0 Å². The summed E-state index contributed by atoms with van der Waals surface area (Å²) in [6.45, 7) is 3.96. The first-order valence-electron chi connectivity index (χ1n) is 5.37. The Balaban J connectivity index is 2.15. The Hall–Kier alpha value is -1.85. The highest BCUT2D eigenvalue weighted by molar-refractivity contribution is 5.94. The molecule has 0 aliphatic carbocycles. The molecule has 6 heteroatoms. The predicted molar refractivity (Wildman–Crippen MR) is 57.5 cm³/mol. The van der Waals surface area contributed by atoms with Crippen molar-refractivity contribution in [2.24, 2.45) is 5.41 Å². The second-order valence-electron chi connectivity index (χ2n) is 4.60. The first-order chi connectivity index (χ1) is 7.94. The molecule has 1 atom stereocenters. The molecule has 0 aromatic carbocycles. The Morgan fingerprint density at radius 1 is 1.59 bits per heavy atom. The zero-order chi connectivity index (χ0) is 12.6. The zero-order valence-corrected chi connectivity index (χ0v) is 9.77. The van der Waals surface area contributed by atoms with Gasteiger partial charge in [0.25, 0.3) is 5.91 Å². The molecule has 1 aromatic rings. The molecule has 1 N–H and O–H groups in total. The fourth-order valence-corrected chi connectivity index (χ4v) is 1.97. The van der Waals surface area contributed by atoms with Crippen molar-refractivity contribution in [3.05, 3.63) is 17.8 Å². The summed E-state index contributed by atoms with van der Waals surface area (Å²) >= 11 is 0. The predicted octanol–water partition coefficient (Wildman–Crippen LogP) is 0.920. The highest BCUT2D eigenvalue weighted by Gasteiger charge is 2.42. The van der Waals surface area contributed by atoms with E-state index in [-0.39, 0.29) is 18.1 Å². The van der Waals surface area contributed by atoms with Crippen LogP contribution in [0.2, 0.25) is 0 Å². The van der Waals surface area contributed by atoms with Gasteiger partial charge in [0, 0.05) is 13.1 Å². The molecule has 0 radical (unpaired) electrons. The van der Waals surface area contributed by atoms with Crippen LogP contribution in [-0.2, 0) is 4.79 Å². The van der Waals surface area contributed by atoms with Crippen LogP contribution in [0.5, 0.6) is 0 Å². The van der Waals surface area contributed by atoms with Gasteiger partial charge in [-0.2, -0.15) is 0 Å². The molecule has 17 heavy (non-hydrogen) atoms. The number of nitrogens with zero attached hydrogens (tertiary/aromatic N) is 2. The molecule has 1 saturated heterocycles. The summed E-state index contributed by atoms with van der Waals surface area (Å²) in [6, 6.07) is 0. The molecule has 6 nitrogen and oxygen atoms in total. The van der Waals surface area contributed by atoms with Gasteiger partial charge in [0.1, 0.15) is 5.76 Å². The number of oxazole rings is 1. The van der Waals surface area contributed by atoms with Gasteiger partial charge in [0.05, 0.1) is 5.41 Å². The molecule has 2 heterocycles. The lowest BCUT2D eigenvalue weighted by molar-refractivity contribution is -0.147. The second kappa shape index (κ2) is 3.87. The minimum atomic E-state index is -0.871. The van der Waals surface area contributed by atoms with Gasteiger partial charge >= 0.3 is 5.97 Å². The number of carbonyl (C=O) groups is 2. The molecule has 92 valence electrons. The number of amides is 1. The highest BCUT2D eigenvalue weighted by Crippen LogP contribution is 2.31. The molecule has 1 fully saturated rings. The smallest absolute Gasteiger partial charge is 0.311 e. The summed E-state index contributed by atoms with van der Waals surface area (Å²) in [5.74, 6) is -0.676. The molecule has 2 rings (SSSR count). The van der Waals surface area contributed by atoms with Crippen molar-refractivity contribution < 1.29 is 19.1 Å². The molecule has 1 aliphatic rings. The molecule has 0 bridgehead atoms. The Morgan fingerprint density at radius 2 is 2.29 bits per heavy atom. The van der Waals surface area contributed by atoms with Crippen molar-refractivity contribution in [1.82, 2.24) is 9.88 Å². The van der Waals surface area contributed by atoms with Crippen molar-refractivity contribution in [1.29, 1.82) is 0 Å². The minimum Gasteiger partial charge on any atom is -0.481 e. The molecule has 0 saturated carbocycles. The zero-order valence-electron chi connectivity index (χ0n) is 9.77.